The van der Waals surface area contributed by atoms with Gasteiger partial charge in [0, 0.05) is 23.3 Å². The maximum Gasteiger partial charge on any atom is 0.230 e. The topological polar surface area (TPSA) is 70.2 Å². The van der Waals surface area contributed by atoms with Gasteiger partial charge in [-0.15, -0.1) is 0 Å². The molecule has 0 atom stereocenters. The highest BCUT2D eigenvalue weighted by molar-refractivity contribution is 7.80. The molecule has 2 aromatic carbocycles. The first kappa shape index (κ1) is 17.9. The number of hydrogen-bond donors (Lipinski definition) is 3. The van der Waals surface area contributed by atoms with Gasteiger partial charge in [-0.1, -0.05) is 23.7 Å². The van der Waals surface area contributed by atoms with Gasteiger partial charge >= 0.3 is 0 Å². The third kappa shape index (κ3) is 5.98. The minimum atomic E-state index is -0.218. The monoisotopic (exact) mass is 361 g/mol. The molecule has 0 aliphatic heterocycles. The van der Waals surface area contributed by atoms with Gasteiger partial charge < -0.3 is 16.0 Å². The van der Waals surface area contributed by atoms with Gasteiger partial charge in [0.15, 0.2) is 5.11 Å². The molecule has 24 heavy (non-hydrogen) atoms. The van der Waals surface area contributed by atoms with E-state index in [9.17, 15) is 9.59 Å². The van der Waals surface area contributed by atoms with Crippen LogP contribution in [-0.4, -0.2) is 16.9 Å². The molecule has 0 aliphatic carbocycles. The fourth-order valence-corrected chi connectivity index (χ4v) is 2.32. The lowest BCUT2D eigenvalue weighted by atomic mass is 10.1. The van der Waals surface area contributed by atoms with Crippen molar-refractivity contribution in [3.05, 3.63) is 59.1 Å². The van der Waals surface area contributed by atoms with Crippen LogP contribution < -0.4 is 16.0 Å². The van der Waals surface area contributed by atoms with Gasteiger partial charge in [-0.2, -0.15) is 0 Å². The van der Waals surface area contributed by atoms with Gasteiger partial charge in [0.1, 0.15) is 0 Å². The molecule has 0 aliphatic rings. The van der Waals surface area contributed by atoms with Crippen molar-refractivity contribution in [2.24, 2.45) is 0 Å². The Morgan fingerprint density at radius 3 is 2.04 bits per heavy atom. The predicted molar refractivity (Wildman–Crippen MR) is 100 cm³/mol. The molecule has 0 spiro atoms. The first-order valence-electron chi connectivity index (χ1n) is 7.15. The second-order valence-corrected chi connectivity index (χ2v) is 5.91. The lowest BCUT2D eigenvalue weighted by Gasteiger charge is -2.10. The van der Waals surface area contributed by atoms with E-state index in [1.165, 1.54) is 6.92 Å². The third-order valence-electron chi connectivity index (χ3n) is 2.99. The number of carbonyl (C=O) groups is 2. The molecule has 2 aromatic rings. The number of carbonyl (C=O) groups excluding carboxylic acids is 2. The van der Waals surface area contributed by atoms with Crippen molar-refractivity contribution in [1.82, 2.24) is 5.32 Å². The molecule has 5 nitrogen and oxygen atoms in total. The second-order valence-electron chi connectivity index (χ2n) is 5.06. The zero-order valence-corrected chi connectivity index (χ0v) is 14.5. The minimum absolute atomic E-state index is 0.138. The van der Waals surface area contributed by atoms with Crippen LogP contribution in [0.2, 0.25) is 5.02 Å². The van der Waals surface area contributed by atoms with Crippen LogP contribution in [0, 0.1) is 0 Å². The maximum atomic E-state index is 12.0. The Labute approximate surface area is 150 Å². The van der Waals surface area contributed by atoms with E-state index in [1.807, 2.05) is 0 Å². The van der Waals surface area contributed by atoms with Gasteiger partial charge in [0.25, 0.3) is 0 Å². The summed E-state index contributed by atoms with van der Waals surface area (Å²) < 4.78 is 0. The van der Waals surface area contributed by atoms with E-state index in [2.05, 4.69) is 16.0 Å². The van der Waals surface area contributed by atoms with Gasteiger partial charge in [0.05, 0.1) is 6.42 Å². The molecule has 0 unspecified atom stereocenters. The van der Waals surface area contributed by atoms with E-state index in [-0.39, 0.29) is 23.3 Å². The van der Waals surface area contributed by atoms with Crippen molar-refractivity contribution < 1.29 is 9.59 Å². The Hall–Kier alpha value is -2.44. The molecule has 0 fully saturated rings. The highest BCUT2D eigenvalue weighted by Crippen LogP contribution is 2.13. The number of rotatable bonds is 4. The molecule has 0 aromatic heterocycles. The summed E-state index contributed by atoms with van der Waals surface area (Å²) in [6, 6.07) is 14.0. The van der Waals surface area contributed by atoms with Gasteiger partial charge in [-0.25, -0.2) is 0 Å². The highest BCUT2D eigenvalue weighted by Gasteiger charge is 2.06. The summed E-state index contributed by atoms with van der Waals surface area (Å²) >= 11 is 10.9. The Morgan fingerprint density at radius 2 is 1.50 bits per heavy atom. The Bertz CT molecular complexity index is 745. The number of benzene rings is 2. The quantitative estimate of drug-likeness (QED) is 0.730. The Morgan fingerprint density at radius 1 is 0.958 bits per heavy atom. The number of nitrogens with one attached hydrogen (secondary N) is 3. The standard InChI is InChI=1S/C17H16ClN3O2S/c1-11(22)19-14-6-8-15(9-7-14)20-17(24)21-16(23)10-12-2-4-13(18)5-3-12/h2-9H,10H2,1H3,(H,19,22)(H2,20,21,23,24). The number of thiocarbonyl (C=S) groups is 1. The number of hydrogen-bond acceptors (Lipinski definition) is 3. The summed E-state index contributed by atoms with van der Waals surface area (Å²) in [6.45, 7) is 1.44. The summed E-state index contributed by atoms with van der Waals surface area (Å²) in [5.74, 6) is -0.356. The van der Waals surface area contributed by atoms with Gasteiger partial charge in [0.2, 0.25) is 11.8 Å². The Balaban J connectivity index is 1.84. The smallest absolute Gasteiger partial charge is 0.230 e. The molecule has 0 heterocycles. The van der Waals surface area contributed by atoms with Crippen LogP contribution in [0.1, 0.15) is 12.5 Å². The molecule has 2 amide bonds. The summed E-state index contributed by atoms with van der Waals surface area (Å²) in [5, 5.41) is 9.03. The zero-order chi connectivity index (χ0) is 17.5. The normalized spacial score (nSPS) is 9.92. The molecule has 0 radical (unpaired) electrons. The highest BCUT2D eigenvalue weighted by atomic mass is 35.5. The molecular weight excluding hydrogens is 346 g/mol. The number of amides is 2. The summed E-state index contributed by atoms with van der Waals surface area (Å²) in [6.07, 6.45) is 0.209. The van der Waals surface area contributed by atoms with Crippen molar-refractivity contribution >= 4 is 52.1 Å². The largest absolute Gasteiger partial charge is 0.332 e. The Kier molecular flexibility index (Phi) is 6.28. The van der Waals surface area contributed by atoms with Crippen molar-refractivity contribution in [3.8, 4) is 0 Å². The van der Waals surface area contributed by atoms with Crippen LogP contribution in [0.3, 0.4) is 0 Å². The maximum absolute atomic E-state index is 12.0. The van der Waals surface area contributed by atoms with Crippen molar-refractivity contribution in [2.45, 2.75) is 13.3 Å². The molecular formula is C17H16ClN3O2S. The van der Waals surface area contributed by atoms with Gasteiger partial charge in [-0.3, -0.25) is 9.59 Å². The van der Waals surface area contributed by atoms with E-state index in [4.69, 9.17) is 23.8 Å². The average molecular weight is 362 g/mol. The number of halogens is 1. The van der Waals surface area contributed by atoms with Crippen LogP contribution in [0.15, 0.2) is 48.5 Å². The molecule has 2 rings (SSSR count). The molecule has 0 bridgehead atoms. The lowest BCUT2D eigenvalue weighted by molar-refractivity contribution is -0.119. The number of anilines is 2. The van der Waals surface area contributed by atoms with Crippen LogP contribution in [-0.2, 0) is 16.0 Å². The minimum Gasteiger partial charge on any atom is -0.332 e. The summed E-state index contributed by atoms with van der Waals surface area (Å²) in [5.41, 5.74) is 2.24. The predicted octanol–water partition coefficient (Wildman–Crippen LogP) is 3.35. The van der Waals surface area contributed by atoms with Crippen LogP contribution in [0.25, 0.3) is 0 Å². The second kappa shape index (κ2) is 8.42. The first-order valence-corrected chi connectivity index (χ1v) is 7.94. The lowest BCUT2D eigenvalue weighted by Crippen LogP contribution is -2.35. The van der Waals surface area contributed by atoms with Gasteiger partial charge in [-0.05, 0) is 54.2 Å². The molecule has 3 N–H and O–H groups in total. The van der Waals surface area contributed by atoms with Crippen molar-refractivity contribution in [1.29, 1.82) is 0 Å². The van der Waals surface area contributed by atoms with E-state index in [1.54, 1.807) is 48.5 Å². The zero-order valence-electron chi connectivity index (χ0n) is 12.9. The van der Waals surface area contributed by atoms with Crippen LogP contribution in [0.4, 0.5) is 11.4 Å². The SMILES string of the molecule is CC(=O)Nc1ccc(NC(=S)NC(=O)Cc2ccc(Cl)cc2)cc1. The van der Waals surface area contributed by atoms with Crippen LogP contribution >= 0.6 is 23.8 Å². The molecule has 0 saturated carbocycles. The fourth-order valence-electron chi connectivity index (χ4n) is 1.96. The average Bonchev–Trinajstić information content (AvgIpc) is 2.51. The van der Waals surface area contributed by atoms with E-state index >= 15 is 0 Å². The van der Waals surface area contributed by atoms with Crippen LogP contribution in [0.5, 0.6) is 0 Å². The fraction of sp³-hybridized carbons (Fsp3) is 0.118. The summed E-state index contributed by atoms with van der Waals surface area (Å²) in [7, 11) is 0. The summed E-state index contributed by atoms with van der Waals surface area (Å²) in [4.78, 5) is 22.9. The van der Waals surface area contributed by atoms with E-state index in [0.29, 0.717) is 16.4 Å². The van der Waals surface area contributed by atoms with E-state index in [0.717, 1.165) is 5.56 Å². The first-order chi connectivity index (χ1) is 11.4. The van der Waals surface area contributed by atoms with Crippen molar-refractivity contribution in [3.63, 3.8) is 0 Å². The van der Waals surface area contributed by atoms with Crippen molar-refractivity contribution in [2.75, 3.05) is 10.6 Å². The molecule has 0 saturated heterocycles. The third-order valence-corrected chi connectivity index (χ3v) is 3.45. The molecule has 124 valence electrons. The van der Waals surface area contributed by atoms with E-state index < -0.39 is 0 Å². The molecule has 7 heteroatoms.